The van der Waals surface area contributed by atoms with Crippen molar-refractivity contribution < 1.29 is 0 Å². The zero-order valence-electron chi connectivity index (χ0n) is 12.4. The molecule has 1 aliphatic heterocycles. The van der Waals surface area contributed by atoms with E-state index < -0.39 is 0 Å². The average molecular weight is 274 g/mol. The summed E-state index contributed by atoms with van der Waals surface area (Å²) in [5.41, 5.74) is 1.15. The summed E-state index contributed by atoms with van der Waals surface area (Å²) in [6, 6.07) is 0.104. The Morgan fingerprint density at radius 3 is 3.00 bits per heavy atom. The van der Waals surface area contributed by atoms with Crippen LogP contribution in [0.1, 0.15) is 55.9 Å². The summed E-state index contributed by atoms with van der Waals surface area (Å²) in [4.78, 5) is 0. The standard InChI is InChI=1S/C14H22N6/c1-4-5-10(2)13-17-18-14-12(15-6-7-20(13)14)11-8-16-19(3)9-11/h8-10,12,15H,4-7H2,1-3H3. The van der Waals surface area contributed by atoms with Gasteiger partial charge in [-0.15, -0.1) is 10.2 Å². The number of rotatable bonds is 4. The Hall–Kier alpha value is -1.69. The highest BCUT2D eigenvalue weighted by Gasteiger charge is 2.28. The molecule has 0 bridgehead atoms. The van der Waals surface area contributed by atoms with Crippen molar-refractivity contribution in [2.45, 2.75) is 45.2 Å². The molecule has 0 aliphatic carbocycles. The molecule has 1 N–H and O–H groups in total. The van der Waals surface area contributed by atoms with E-state index in [0.29, 0.717) is 5.92 Å². The number of hydrogen-bond acceptors (Lipinski definition) is 4. The van der Waals surface area contributed by atoms with E-state index in [0.717, 1.165) is 36.7 Å². The summed E-state index contributed by atoms with van der Waals surface area (Å²) in [5, 5.41) is 16.7. The second-order valence-corrected chi connectivity index (χ2v) is 5.59. The predicted octanol–water partition coefficient (Wildman–Crippen LogP) is 1.61. The Morgan fingerprint density at radius 2 is 2.30 bits per heavy atom. The lowest BCUT2D eigenvalue weighted by atomic mass is 10.0. The highest BCUT2D eigenvalue weighted by Crippen LogP contribution is 2.27. The predicted molar refractivity (Wildman–Crippen MR) is 76.4 cm³/mol. The number of aromatic nitrogens is 5. The van der Waals surface area contributed by atoms with Gasteiger partial charge >= 0.3 is 0 Å². The van der Waals surface area contributed by atoms with Crippen LogP contribution < -0.4 is 5.32 Å². The van der Waals surface area contributed by atoms with Crippen molar-refractivity contribution in [1.82, 2.24) is 29.9 Å². The molecule has 0 radical (unpaired) electrons. The summed E-state index contributed by atoms with van der Waals surface area (Å²) < 4.78 is 4.11. The highest BCUT2D eigenvalue weighted by molar-refractivity contribution is 5.22. The Balaban J connectivity index is 1.94. The number of fused-ring (bicyclic) bond motifs is 1. The lowest BCUT2D eigenvalue weighted by Crippen LogP contribution is -2.35. The van der Waals surface area contributed by atoms with Gasteiger partial charge in [-0.25, -0.2) is 0 Å². The molecule has 0 fully saturated rings. The molecule has 2 aromatic heterocycles. The summed E-state index contributed by atoms with van der Waals surface area (Å²) in [5.74, 6) is 2.60. The SMILES string of the molecule is CCCC(C)c1nnc2n1CCNC2c1cnn(C)c1. The molecule has 0 saturated heterocycles. The van der Waals surface area contributed by atoms with Crippen LogP contribution >= 0.6 is 0 Å². The van der Waals surface area contributed by atoms with Crippen LogP contribution in [0.2, 0.25) is 0 Å². The summed E-state index contributed by atoms with van der Waals surface area (Å²) >= 11 is 0. The monoisotopic (exact) mass is 274 g/mol. The maximum atomic E-state index is 4.44. The topological polar surface area (TPSA) is 60.6 Å². The van der Waals surface area contributed by atoms with E-state index in [1.54, 1.807) is 0 Å². The van der Waals surface area contributed by atoms with Crippen LogP contribution in [0.3, 0.4) is 0 Å². The van der Waals surface area contributed by atoms with E-state index in [1.807, 2.05) is 24.1 Å². The maximum Gasteiger partial charge on any atom is 0.154 e. The first-order valence-corrected chi connectivity index (χ1v) is 7.35. The first-order valence-electron chi connectivity index (χ1n) is 7.35. The van der Waals surface area contributed by atoms with Crippen LogP contribution in [0.15, 0.2) is 12.4 Å². The molecule has 6 heteroatoms. The van der Waals surface area contributed by atoms with Crippen molar-refractivity contribution in [3.63, 3.8) is 0 Å². The lowest BCUT2D eigenvalue weighted by Gasteiger charge is -2.25. The largest absolute Gasteiger partial charge is 0.312 e. The molecule has 6 nitrogen and oxygen atoms in total. The number of nitrogens with zero attached hydrogens (tertiary/aromatic N) is 5. The van der Waals surface area contributed by atoms with Crippen molar-refractivity contribution in [2.75, 3.05) is 6.54 Å². The number of aryl methyl sites for hydroxylation is 1. The zero-order valence-corrected chi connectivity index (χ0v) is 12.4. The first-order chi connectivity index (χ1) is 9.70. The molecule has 0 saturated carbocycles. The zero-order chi connectivity index (χ0) is 14.1. The van der Waals surface area contributed by atoms with Crippen molar-refractivity contribution in [1.29, 1.82) is 0 Å². The van der Waals surface area contributed by atoms with Gasteiger partial charge in [0.15, 0.2) is 5.82 Å². The Kier molecular flexibility index (Phi) is 3.56. The van der Waals surface area contributed by atoms with Gasteiger partial charge < -0.3 is 9.88 Å². The molecule has 2 aromatic rings. The minimum Gasteiger partial charge on any atom is -0.312 e. The van der Waals surface area contributed by atoms with E-state index in [1.165, 1.54) is 6.42 Å². The fourth-order valence-electron chi connectivity index (χ4n) is 2.97. The second-order valence-electron chi connectivity index (χ2n) is 5.59. The highest BCUT2D eigenvalue weighted by atomic mass is 15.3. The quantitative estimate of drug-likeness (QED) is 0.920. The molecule has 20 heavy (non-hydrogen) atoms. The van der Waals surface area contributed by atoms with Crippen molar-refractivity contribution in [3.05, 3.63) is 29.6 Å². The molecule has 2 unspecified atom stereocenters. The fourth-order valence-corrected chi connectivity index (χ4v) is 2.97. The van der Waals surface area contributed by atoms with Crippen LogP contribution in [-0.4, -0.2) is 31.1 Å². The molecule has 0 spiro atoms. The Labute approximate surface area is 119 Å². The lowest BCUT2D eigenvalue weighted by molar-refractivity contribution is 0.437. The average Bonchev–Trinajstić information content (AvgIpc) is 3.04. The van der Waals surface area contributed by atoms with Gasteiger partial charge in [-0.05, 0) is 6.42 Å². The number of hydrogen-bond donors (Lipinski definition) is 1. The smallest absolute Gasteiger partial charge is 0.154 e. The maximum absolute atomic E-state index is 4.44. The molecule has 2 atom stereocenters. The van der Waals surface area contributed by atoms with Gasteiger partial charge in [0.2, 0.25) is 0 Å². The van der Waals surface area contributed by atoms with Crippen LogP contribution in [0.4, 0.5) is 0 Å². The molecular weight excluding hydrogens is 252 g/mol. The van der Waals surface area contributed by atoms with Gasteiger partial charge in [0, 0.05) is 37.8 Å². The molecule has 0 amide bonds. The Bertz CT molecular complexity index is 584. The van der Waals surface area contributed by atoms with Gasteiger partial charge in [-0.2, -0.15) is 5.10 Å². The van der Waals surface area contributed by atoms with Gasteiger partial charge in [0.25, 0.3) is 0 Å². The van der Waals surface area contributed by atoms with Crippen LogP contribution in [0.25, 0.3) is 0 Å². The van der Waals surface area contributed by atoms with E-state index in [-0.39, 0.29) is 6.04 Å². The fraction of sp³-hybridized carbons (Fsp3) is 0.643. The van der Waals surface area contributed by atoms with Crippen molar-refractivity contribution >= 4 is 0 Å². The van der Waals surface area contributed by atoms with Crippen LogP contribution in [0, 0.1) is 0 Å². The third-order valence-electron chi connectivity index (χ3n) is 3.97. The summed E-state index contributed by atoms with van der Waals surface area (Å²) in [6.45, 7) is 6.34. The van der Waals surface area contributed by atoms with Gasteiger partial charge in [0.05, 0.1) is 12.2 Å². The molecular formula is C14H22N6. The van der Waals surface area contributed by atoms with Gasteiger partial charge in [-0.3, -0.25) is 4.68 Å². The first kappa shape index (κ1) is 13.3. The summed E-state index contributed by atoms with van der Waals surface area (Å²) in [7, 11) is 1.94. The third-order valence-corrected chi connectivity index (χ3v) is 3.97. The minimum atomic E-state index is 0.104. The Morgan fingerprint density at radius 1 is 1.45 bits per heavy atom. The van der Waals surface area contributed by atoms with Gasteiger partial charge in [0.1, 0.15) is 5.82 Å². The third kappa shape index (κ3) is 2.24. The minimum absolute atomic E-state index is 0.104. The van der Waals surface area contributed by atoms with Crippen molar-refractivity contribution in [2.24, 2.45) is 7.05 Å². The molecule has 3 heterocycles. The number of nitrogens with one attached hydrogen (secondary N) is 1. The van der Waals surface area contributed by atoms with E-state index in [9.17, 15) is 0 Å². The van der Waals surface area contributed by atoms with E-state index >= 15 is 0 Å². The van der Waals surface area contributed by atoms with Crippen LogP contribution in [0.5, 0.6) is 0 Å². The van der Waals surface area contributed by atoms with Crippen LogP contribution in [-0.2, 0) is 13.6 Å². The van der Waals surface area contributed by atoms with Gasteiger partial charge in [-0.1, -0.05) is 20.3 Å². The molecule has 0 aromatic carbocycles. The van der Waals surface area contributed by atoms with E-state index in [2.05, 4.69) is 39.0 Å². The normalized spacial score (nSPS) is 19.9. The molecule has 3 rings (SSSR count). The summed E-state index contributed by atoms with van der Waals surface area (Å²) in [6.07, 6.45) is 6.27. The second kappa shape index (κ2) is 5.36. The molecule has 108 valence electrons. The molecule has 1 aliphatic rings. The van der Waals surface area contributed by atoms with Crippen molar-refractivity contribution in [3.8, 4) is 0 Å². The van der Waals surface area contributed by atoms with E-state index in [4.69, 9.17) is 0 Å².